The Morgan fingerprint density at radius 3 is 2.19 bits per heavy atom. The normalized spacial score (nSPS) is 31.9. The number of aliphatic hydroxyl groups is 3. The summed E-state index contributed by atoms with van der Waals surface area (Å²) in [5.74, 6) is -0.791. The number of phosphoric ester groups is 3. The lowest BCUT2D eigenvalue weighted by Crippen LogP contribution is -2.43. The number of aromatic nitrogens is 4. The minimum Gasteiger partial charge on any atom is -0.387 e. The number of aliphatic hydroxyl groups excluding tert-OH is 3. The van der Waals surface area contributed by atoms with Gasteiger partial charge in [0.2, 0.25) is 5.91 Å². The predicted molar refractivity (Wildman–Crippen MR) is 153 cm³/mol. The summed E-state index contributed by atoms with van der Waals surface area (Å²) >= 11 is 0. The minimum atomic E-state index is -5.52. The van der Waals surface area contributed by atoms with Gasteiger partial charge in [0.05, 0.1) is 26.1 Å². The number of carbonyl (C=O) groups is 1. The van der Waals surface area contributed by atoms with Gasteiger partial charge in [-0.3, -0.25) is 22.9 Å². The van der Waals surface area contributed by atoms with Gasteiger partial charge in [0.15, 0.2) is 23.9 Å². The number of hydrogen-bond donors (Lipinski definition) is 9. The van der Waals surface area contributed by atoms with Gasteiger partial charge < -0.3 is 60.7 Å². The van der Waals surface area contributed by atoms with Gasteiger partial charge in [-0.25, -0.2) is 28.6 Å². The molecule has 0 spiro atoms. The molecule has 2 fully saturated rings. The summed E-state index contributed by atoms with van der Waals surface area (Å²) in [6.07, 6.45) is -6.54. The van der Waals surface area contributed by atoms with Crippen LogP contribution in [0.15, 0.2) is 36.6 Å². The molecule has 3 aliphatic rings. The molecule has 0 saturated carbocycles. The zero-order valence-electron chi connectivity index (χ0n) is 24.1. The van der Waals surface area contributed by atoms with Crippen LogP contribution in [0.2, 0.25) is 0 Å². The van der Waals surface area contributed by atoms with E-state index in [0.29, 0.717) is 0 Å². The molecule has 2 aromatic rings. The molecule has 48 heavy (non-hydrogen) atoms. The van der Waals surface area contributed by atoms with Crippen molar-refractivity contribution in [1.29, 1.82) is 0 Å². The van der Waals surface area contributed by atoms with Crippen molar-refractivity contribution in [2.24, 2.45) is 5.73 Å². The molecule has 0 aromatic carbocycles. The number of carbonyl (C=O) groups excluding carboxylic acids is 1. The van der Waals surface area contributed by atoms with E-state index in [0.717, 1.165) is 17.2 Å². The monoisotopic (exact) mass is 745 g/mol. The highest BCUT2D eigenvalue weighted by Gasteiger charge is 2.51. The van der Waals surface area contributed by atoms with Crippen LogP contribution in [-0.2, 0) is 45.8 Å². The summed E-state index contributed by atoms with van der Waals surface area (Å²) in [5, 5.41) is 31.6. The summed E-state index contributed by atoms with van der Waals surface area (Å²) in [6.45, 7) is -2.10. The topological polar surface area (TPSA) is 364 Å². The van der Waals surface area contributed by atoms with Crippen LogP contribution in [0.3, 0.4) is 0 Å². The highest BCUT2D eigenvalue weighted by molar-refractivity contribution is 7.61. The standard InChI is InChI=1S/C21H30N7O17P3/c22-17-12-19(25-7-24-17)28(8-26-12)21-16(44-46(33,34)35)14(30)11(43-21)6-41-48(38,39)45-47(36,37)40-5-10-13(29)15(31)20(42-10)27-3-1-2-9(4-27)18(23)32/h1-3,7-8,10-11,13-16,20-21,29-31H,4-6H2,(H2,23,32)(H,36,37)(H,38,39)(H2,22,24,25)(H2,33,34,35)/t10-,11+,13+,14+,15+,16+,20+,21+/m0/s1. The molecular formula is C21H30N7O17P3. The average molecular weight is 745 g/mol. The number of nitrogens with zero attached hydrogens (tertiary/aromatic N) is 5. The Labute approximate surface area is 268 Å². The summed E-state index contributed by atoms with van der Waals surface area (Å²) in [6, 6.07) is 0. The fraction of sp³-hybridized carbons (Fsp3) is 0.524. The van der Waals surface area contributed by atoms with Gasteiger partial charge in [-0.2, -0.15) is 4.31 Å². The summed E-state index contributed by atoms with van der Waals surface area (Å²) in [7, 11) is -16.3. The first kappa shape index (κ1) is 36.5. The number of hydrogen-bond acceptors (Lipinski definition) is 18. The minimum absolute atomic E-state index is 0.00459. The first-order valence-electron chi connectivity index (χ1n) is 13.5. The molecule has 1 amide bonds. The molecule has 5 heterocycles. The maximum Gasteiger partial charge on any atom is 0.481 e. The Bertz CT molecular complexity index is 1740. The van der Waals surface area contributed by atoms with E-state index < -0.39 is 91.7 Å². The third kappa shape index (κ3) is 8.17. The molecule has 2 saturated heterocycles. The zero-order valence-corrected chi connectivity index (χ0v) is 26.8. The van der Waals surface area contributed by atoms with Crippen molar-refractivity contribution < 1.29 is 80.7 Å². The molecule has 0 aliphatic carbocycles. The van der Waals surface area contributed by atoms with Gasteiger partial charge in [-0.15, -0.1) is 0 Å². The molecule has 266 valence electrons. The smallest absolute Gasteiger partial charge is 0.387 e. The average Bonchev–Trinajstić information content (AvgIpc) is 3.64. The van der Waals surface area contributed by atoms with Gasteiger partial charge in [-0.05, 0) is 6.08 Å². The lowest BCUT2D eigenvalue weighted by atomic mass is 10.1. The number of rotatable bonds is 13. The van der Waals surface area contributed by atoms with Crippen LogP contribution in [0.1, 0.15) is 6.23 Å². The number of nitrogen functional groups attached to an aromatic ring is 1. The zero-order chi connectivity index (χ0) is 35.2. The molecule has 11 N–H and O–H groups in total. The molecule has 24 nitrogen and oxygen atoms in total. The van der Waals surface area contributed by atoms with Crippen molar-refractivity contribution in [3.05, 3.63) is 36.6 Å². The number of ether oxygens (including phenoxy) is 2. The summed E-state index contributed by atoms with van der Waals surface area (Å²) in [4.78, 5) is 63.5. The number of anilines is 1. The van der Waals surface area contributed by atoms with Crippen LogP contribution < -0.4 is 11.5 Å². The molecule has 2 unspecified atom stereocenters. The van der Waals surface area contributed by atoms with E-state index in [1.807, 2.05) is 0 Å². The van der Waals surface area contributed by atoms with Crippen LogP contribution >= 0.6 is 23.5 Å². The number of phosphoric acid groups is 3. The van der Waals surface area contributed by atoms with Crippen molar-refractivity contribution in [2.75, 3.05) is 25.5 Å². The fourth-order valence-electron chi connectivity index (χ4n) is 4.97. The van der Waals surface area contributed by atoms with E-state index in [-0.39, 0.29) is 29.1 Å². The highest BCUT2D eigenvalue weighted by atomic mass is 31.3. The van der Waals surface area contributed by atoms with E-state index >= 15 is 0 Å². The molecule has 10 atom stereocenters. The second kappa shape index (κ2) is 13.9. The first-order chi connectivity index (χ1) is 22.4. The first-order valence-corrected chi connectivity index (χ1v) is 18.0. The van der Waals surface area contributed by atoms with E-state index in [1.165, 1.54) is 23.3 Å². The van der Waals surface area contributed by atoms with E-state index in [9.17, 15) is 53.4 Å². The summed E-state index contributed by atoms with van der Waals surface area (Å²) in [5.41, 5.74) is 11.3. The molecule has 0 bridgehead atoms. The van der Waals surface area contributed by atoms with Crippen molar-refractivity contribution in [1.82, 2.24) is 24.4 Å². The Hall–Kier alpha value is -2.73. The fourth-order valence-corrected chi connectivity index (χ4v) is 7.61. The number of allylic oxidation sites excluding steroid dienone is 2. The molecule has 5 rings (SSSR count). The van der Waals surface area contributed by atoms with Crippen LogP contribution in [0.4, 0.5) is 5.82 Å². The van der Waals surface area contributed by atoms with Crippen molar-refractivity contribution in [3.8, 4) is 0 Å². The molecule has 2 aromatic heterocycles. The third-order valence-electron chi connectivity index (χ3n) is 7.15. The third-order valence-corrected chi connectivity index (χ3v) is 10.3. The maximum atomic E-state index is 12.6. The lowest BCUT2D eigenvalue weighted by Gasteiger charge is -2.31. The second-order valence-electron chi connectivity index (χ2n) is 10.4. The van der Waals surface area contributed by atoms with Gasteiger partial charge in [0.1, 0.15) is 48.5 Å². The molecule has 0 radical (unpaired) electrons. The Morgan fingerprint density at radius 1 is 0.938 bits per heavy atom. The largest absolute Gasteiger partial charge is 0.481 e. The van der Waals surface area contributed by atoms with E-state index in [2.05, 4.69) is 23.8 Å². The quantitative estimate of drug-likeness (QED) is 0.0927. The predicted octanol–water partition coefficient (Wildman–Crippen LogP) is -2.92. The Morgan fingerprint density at radius 2 is 1.56 bits per heavy atom. The number of imidazole rings is 1. The molecular weight excluding hydrogens is 715 g/mol. The van der Waals surface area contributed by atoms with Gasteiger partial charge in [0.25, 0.3) is 0 Å². The van der Waals surface area contributed by atoms with Crippen LogP contribution in [-0.4, -0.2) is 128 Å². The molecule has 27 heteroatoms. The number of fused-ring (bicyclic) bond motifs is 1. The number of primary amides is 1. The van der Waals surface area contributed by atoms with Gasteiger partial charge in [-0.1, -0.05) is 6.08 Å². The number of nitrogens with two attached hydrogens (primary N) is 2. The van der Waals surface area contributed by atoms with Crippen LogP contribution in [0.25, 0.3) is 11.2 Å². The lowest BCUT2D eigenvalue weighted by molar-refractivity contribution is -0.115. The second-order valence-corrected chi connectivity index (χ2v) is 14.7. The summed E-state index contributed by atoms with van der Waals surface area (Å²) < 4.78 is 67.2. The SMILES string of the molecule is NC(=O)C1=CC=CN([C@@H]2O[C@@H](COP(=O)(O)OP(=O)(O)OC[C@H]3O[C@@H](n4cnc5c(N)ncnc54)[C@H](OP(=O)(O)O)[C@@H]3O)[C@@H](O)[C@H]2O)C1. The van der Waals surface area contributed by atoms with E-state index in [4.69, 9.17) is 30.0 Å². The van der Waals surface area contributed by atoms with Crippen molar-refractivity contribution in [3.63, 3.8) is 0 Å². The van der Waals surface area contributed by atoms with Crippen LogP contribution in [0, 0.1) is 0 Å². The van der Waals surface area contributed by atoms with Gasteiger partial charge >= 0.3 is 23.5 Å². The van der Waals surface area contributed by atoms with Crippen molar-refractivity contribution in [2.45, 2.75) is 49.1 Å². The van der Waals surface area contributed by atoms with Gasteiger partial charge in [0, 0.05) is 11.8 Å². The maximum absolute atomic E-state index is 12.6. The van der Waals surface area contributed by atoms with Crippen LogP contribution in [0.5, 0.6) is 0 Å². The van der Waals surface area contributed by atoms with E-state index in [1.54, 1.807) is 0 Å². The van der Waals surface area contributed by atoms with Crippen molar-refractivity contribution >= 4 is 46.4 Å². The highest BCUT2D eigenvalue weighted by Crippen LogP contribution is 2.61. The Kier molecular flexibility index (Phi) is 10.6. The number of amides is 1. The Balaban J connectivity index is 1.19. The molecule has 3 aliphatic heterocycles.